The zero-order valence-electron chi connectivity index (χ0n) is 15.4. The molecule has 7 nitrogen and oxygen atoms in total. The molecule has 0 aliphatic heterocycles. The summed E-state index contributed by atoms with van der Waals surface area (Å²) in [4.78, 5) is 19.6. The molecule has 9 heteroatoms. The van der Waals surface area contributed by atoms with Gasteiger partial charge in [0.1, 0.15) is 5.01 Å². The van der Waals surface area contributed by atoms with Gasteiger partial charge in [-0.15, -0.1) is 11.3 Å². The van der Waals surface area contributed by atoms with Crippen LogP contribution in [0.5, 0.6) is 0 Å². The number of benzene rings is 2. The third-order valence-electron chi connectivity index (χ3n) is 4.23. The van der Waals surface area contributed by atoms with Crippen LogP contribution >= 0.6 is 11.3 Å². The maximum absolute atomic E-state index is 12.6. The normalized spacial score (nSPS) is 11.2. The molecule has 150 valence electrons. The van der Waals surface area contributed by atoms with Crippen molar-refractivity contribution in [2.45, 2.75) is 4.90 Å². The van der Waals surface area contributed by atoms with Crippen molar-refractivity contribution in [3.8, 4) is 21.8 Å². The molecule has 30 heavy (non-hydrogen) atoms. The van der Waals surface area contributed by atoms with Crippen molar-refractivity contribution in [3.05, 3.63) is 84.0 Å². The Morgan fingerprint density at radius 3 is 2.47 bits per heavy atom. The summed E-state index contributed by atoms with van der Waals surface area (Å²) in [5, 5.41) is 11.7. The van der Waals surface area contributed by atoms with E-state index in [1.807, 2.05) is 23.6 Å². The summed E-state index contributed by atoms with van der Waals surface area (Å²) < 4.78 is 27.8. The number of aromatic nitrogens is 2. The number of carboxylic acids is 1. The van der Waals surface area contributed by atoms with Crippen LogP contribution in [0.2, 0.25) is 0 Å². The van der Waals surface area contributed by atoms with Crippen LogP contribution in [0, 0.1) is 0 Å². The van der Waals surface area contributed by atoms with Gasteiger partial charge in [-0.3, -0.25) is 9.71 Å². The molecule has 2 heterocycles. The number of thiazole rings is 1. The summed E-state index contributed by atoms with van der Waals surface area (Å²) in [6, 6.07) is 15.7. The lowest BCUT2D eigenvalue weighted by atomic mass is 10.1. The Morgan fingerprint density at radius 1 is 1.00 bits per heavy atom. The van der Waals surface area contributed by atoms with Gasteiger partial charge in [0.05, 0.1) is 16.2 Å². The molecule has 0 radical (unpaired) electrons. The summed E-state index contributed by atoms with van der Waals surface area (Å²) in [5.41, 5.74) is 2.80. The van der Waals surface area contributed by atoms with Gasteiger partial charge in [0.2, 0.25) is 0 Å². The topological polar surface area (TPSA) is 109 Å². The Bertz CT molecular complexity index is 1300. The van der Waals surface area contributed by atoms with E-state index < -0.39 is 16.0 Å². The molecule has 0 unspecified atom stereocenters. The highest BCUT2D eigenvalue weighted by Crippen LogP contribution is 2.30. The van der Waals surface area contributed by atoms with Crippen LogP contribution < -0.4 is 4.72 Å². The average Bonchev–Trinajstić information content (AvgIpc) is 3.25. The Hall–Kier alpha value is -3.56. The minimum Gasteiger partial charge on any atom is -0.478 e. The van der Waals surface area contributed by atoms with Gasteiger partial charge in [0.25, 0.3) is 10.0 Å². The third kappa shape index (κ3) is 4.22. The quantitative estimate of drug-likeness (QED) is 0.464. The molecule has 0 aliphatic rings. The molecule has 2 aromatic carbocycles. The number of hydrogen-bond acceptors (Lipinski definition) is 6. The summed E-state index contributed by atoms with van der Waals surface area (Å²) in [5.74, 6) is -1.12. The van der Waals surface area contributed by atoms with Gasteiger partial charge >= 0.3 is 5.97 Å². The fourth-order valence-corrected chi connectivity index (χ4v) is 4.63. The molecular weight excluding hydrogens is 422 g/mol. The number of anilines is 1. The summed E-state index contributed by atoms with van der Waals surface area (Å²) >= 11 is 1.48. The fraction of sp³-hybridized carbons (Fsp3) is 0. The molecule has 0 aliphatic carbocycles. The Kier molecular flexibility index (Phi) is 5.30. The number of carbonyl (C=O) groups is 1. The third-order valence-corrected chi connectivity index (χ3v) is 6.52. The number of rotatable bonds is 6. The van der Waals surface area contributed by atoms with Crippen LogP contribution in [-0.4, -0.2) is 29.5 Å². The monoisotopic (exact) mass is 437 g/mol. The maximum atomic E-state index is 12.6. The lowest BCUT2D eigenvalue weighted by Crippen LogP contribution is -2.13. The van der Waals surface area contributed by atoms with Crippen LogP contribution in [0.25, 0.3) is 21.8 Å². The van der Waals surface area contributed by atoms with E-state index in [9.17, 15) is 13.2 Å². The second-order valence-electron chi connectivity index (χ2n) is 6.30. The van der Waals surface area contributed by atoms with Gasteiger partial charge in [-0.05, 0) is 48.5 Å². The second-order valence-corrected chi connectivity index (χ2v) is 8.84. The molecule has 2 aromatic heterocycles. The van der Waals surface area contributed by atoms with Crippen molar-refractivity contribution < 1.29 is 18.3 Å². The van der Waals surface area contributed by atoms with Crippen molar-refractivity contribution >= 4 is 33.0 Å². The fourth-order valence-electron chi connectivity index (χ4n) is 2.76. The molecule has 0 bridgehead atoms. The summed E-state index contributed by atoms with van der Waals surface area (Å²) in [6.07, 6.45) is 3.44. The predicted molar refractivity (Wildman–Crippen MR) is 115 cm³/mol. The first-order valence-electron chi connectivity index (χ1n) is 8.75. The lowest BCUT2D eigenvalue weighted by Gasteiger charge is -2.09. The first kappa shape index (κ1) is 19.7. The molecule has 2 N–H and O–H groups in total. The minimum atomic E-state index is -3.86. The van der Waals surface area contributed by atoms with Crippen molar-refractivity contribution in [2.24, 2.45) is 0 Å². The van der Waals surface area contributed by atoms with Crippen molar-refractivity contribution in [1.82, 2.24) is 9.97 Å². The van der Waals surface area contributed by atoms with Gasteiger partial charge in [0, 0.05) is 34.6 Å². The SMILES string of the molecule is O=C(O)c1ccc(S(=O)(=O)Nc2cccc(-c3csc(-c4cccnc4)n3)c2)cc1. The molecule has 4 rings (SSSR count). The molecule has 0 saturated carbocycles. The molecule has 0 amide bonds. The maximum Gasteiger partial charge on any atom is 0.335 e. The van der Waals surface area contributed by atoms with Gasteiger partial charge < -0.3 is 5.11 Å². The minimum absolute atomic E-state index is 0.0175. The summed E-state index contributed by atoms with van der Waals surface area (Å²) in [7, 11) is -3.86. The van der Waals surface area contributed by atoms with E-state index >= 15 is 0 Å². The number of sulfonamides is 1. The number of nitrogens with zero attached hydrogens (tertiary/aromatic N) is 2. The van der Waals surface area contributed by atoms with Crippen molar-refractivity contribution in [2.75, 3.05) is 4.72 Å². The van der Waals surface area contributed by atoms with Crippen LogP contribution in [-0.2, 0) is 10.0 Å². The van der Waals surface area contributed by atoms with Gasteiger partial charge in [0.15, 0.2) is 0 Å². The molecule has 4 aromatic rings. The van der Waals surface area contributed by atoms with E-state index in [1.165, 1.54) is 35.6 Å². The van der Waals surface area contributed by atoms with Crippen molar-refractivity contribution in [3.63, 3.8) is 0 Å². The Morgan fingerprint density at radius 2 is 1.77 bits per heavy atom. The first-order chi connectivity index (χ1) is 14.4. The standard InChI is InChI=1S/C21H15N3O4S2/c25-21(26)14-6-8-18(9-7-14)30(27,28)24-17-5-1-3-15(11-17)19-13-29-20(23-19)16-4-2-10-22-12-16/h1-13,24H,(H,25,26). The zero-order chi connectivity index (χ0) is 21.1. The van der Waals surface area contributed by atoms with E-state index in [1.54, 1.807) is 30.6 Å². The number of aromatic carboxylic acids is 1. The molecule has 0 atom stereocenters. The van der Waals surface area contributed by atoms with Gasteiger partial charge in [-0.2, -0.15) is 0 Å². The highest BCUT2D eigenvalue weighted by Gasteiger charge is 2.16. The lowest BCUT2D eigenvalue weighted by molar-refractivity contribution is 0.0696. The molecular formula is C21H15N3O4S2. The van der Waals surface area contributed by atoms with E-state index in [0.29, 0.717) is 5.69 Å². The van der Waals surface area contributed by atoms with Crippen LogP contribution in [0.4, 0.5) is 5.69 Å². The number of carboxylic acid groups (broad SMARTS) is 1. The highest BCUT2D eigenvalue weighted by molar-refractivity contribution is 7.92. The smallest absolute Gasteiger partial charge is 0.335 e. The second kappa shape index (κ2) is 8.05. The molecule has 0 fully saturated rings. The average molecular weight is 438 g/mol. The van der Waals surface area contributed by atoms with Crippen LogP contribution in [0.15, 0.2) is 83.3 Å². The van der Waals surface area contributed by atoms with E-state index in [-0.39, 0.29) is 10.5 Å². The highest BCUT2D eigenvalue weighted by atomic mass is 32.2. The predicted octanol–water partition coefficient (Wildman–Crippen LogP) is 4.37. The van der Waals surface area contributed by atoms with Crippen LogP contribution in [0.1, 0.15) is 10.4 Å². The number of hydrogen-bond donors (Lipinski definition) is 2. The summed E-state index contributed by atoms with van der Waals surface area (Å²) in [6.45, 7) is 0. The number of pyridine rings is 1. The van der Waals surface area contributed by atoms with Crippen LogP contribution in [0.3, 0.4) is 0 Å². The molecule has 0 spiro atoms. The van der Waals surface area contributed by atoms with E-state index in [0.717, 1.165) is 21.8 Å². The Balaban J connectivity index is 1.58. The zero-order valence-corrected chi connectivity index (χ0v) is 17.0. The first-order valence-corrected chi connectivity index (χ1v) is 11.1. The van der Waals surface area contributed by atoms with Gasteiger partial charge in [-0.25, -0.2) is 18.2 Å². The van der Waals surface area contributed by atoms with Crippen molar-refractivity contribution in [1.29, 1.82) is 0 Å². The van der Waals surface area contributed by atoms with E-state index in [2.05, 4.69) is 14.7 Å². The molecule has 0 saturated heterocycles. The number of nitrogens with one attached hydrogen (secondary N) is 1. The van der Waals surface area contributed by atoms with E-state index in [4.69, 9.17) is 5.11 Å². The Labute approximate surface area is 176 Å². The largest absolute Gasteiger partial charge is 0.478 e. The van der Waals surface area contributed by atoms with Gasteiger partial charge in [-0.1, -0.05) is 12.1 Å².